The lowest BCUT2D eigenvalue weighted by molar-refractivity contribution is 0.00695. The second-order valence-electron chi connectivity index (χ2n) is 8.22. The van der Waals surface area contributed by atoms with Crippen LogP contribution in [0.1, 0.15) is 56.1 Å². The van der Waals surface area contributed by atoms with E-state index in [1.807, 2.05) is 39.0 Å². The van der Waals surface area contributed by atoms with E-state index in [1.165, 1.54) is 11.1 Å². The molecule has 0 aliphatic rings. The average molecular weight is 375 g/mol. The highest BCUT2D eigenvalue weighted by Crippen LogP contribution is 2.30. The van der Waals surface area contributed by atoms with Crippen LogP contribution < -0.4 is 0 Å². The van der Waals surface area contributed by atoms with Crippen LogP contribution in [0, 0.1) is 0 Å². The first-order valence-electron chi connectivity index (χ1n) is 9.59. The van der Waals surface area contributed by atoms with Crippen molar-refractivity contribution >= 4 is 5.97 Å². The first-order chi connectivity index (χ1) is 13.2. The SMILES string of the molecule is CC(C)(C)OC(=O)c1ccccc1.CC(C)(c1ccccc1)c1ccccc1. The van der Waals surface area contributed by atoms with Gasteiger partial charge in [-0.1, -0.05) is 92.7 Å². The average Bonchev–Trinajstić information content (AvgIpc) is 2.69. The maximum atomic E-state index is 11.4. The van der Waals surface area contributed by atoms with E-state index < -0.39 is 5.60 Å². The van der Waals surface area contributed by atoms with Gasteiger partial charge in [0, 0.05) is 5.41 Å². The maximum absolute atomic E-state index is 11.4. The van der Waals surface area contributed by atoms with Crippen LogP contribution in [0.3, 0.4) is 0 Å². The third kappa shape index (κ3) is 6.38. The van der Waals surface area contributed by atoms with E-state index in [2.05, 4.69) is 74.5 Å². The number of carbonyl (C=O) groups is 1. The van der Waals surface area contributed by atoms with Crippen LogP contribution in [0.2, 0.25) is 0 Å². The van der Waals surface area contributed by atoms with Gasteiger partial charge in [-0.2, -0.15) is 0 Å². The normalized spacial score (nSPS) is 11.2. The van der Waals surface area contributed by atoms with Gasteiger partial charge in [0.1, 0.15) is 5.60 Å². The number of hydrogen-bond acceptors (Lipinski definition) is 2. The van der Waals surface area contributed by atoms with Crippen molar-refractivity contribution in [3.05, 3.63) is 108 Å². The third-order valence-electron chi connectivity index (χ3n) is 4.40. The number of benzene rings is 3. The van der Waals surface area contributed by atoms with Crippen LogP contribution in [-0.2, 0) is 10.2 Å². The zero-order chi connectivity index (χ0) is 20.6. The van der Waals surface area contributed by atoms with E-state index in [0.717, 1.165) is 0 Å². The lowest BCUT2D eigenvalue weighted by Crippen LogP contribution is -2.23. The quantitative estimate of drug-likeness (QED) is 0.479. The summed E-state index contributed by atoms with van der Waals surface area (Å²) in [5, 5.41) is 0. The molecule has 3 aromatic carbocycles. The van der Waals surface area contributed by atoms with E-state index in [-0.39, 0.29) is 11.4 Å². The molecule has 0 fully saturated rings. The van der Waals surface area contributed by atoms with E-state index in [4.69, 9.17) is 4.74 Å². The van der Waals surface area contributed by atoms with E-state index >= 15 is 0 Å². The number of esters is 1. The van der Waals surface area contributed by atoms with Crippen molar-refractivity contribution < 1.29 is 9.53 Å². The Bertz CT molecular complexity index is 804. The van der Waals surface area contributed by atoms with Crippen molar-refractivity contribution in [2.75, 3.05) is 0 Å². The predicted octanol–water partition coefficient (Wildman–Crippen LogP) is 6.65. The molecular weight excluding hydrogens is 344 g/mol. The molecule has 0 spiro atoms. The maximum Gasteiger partial charge on any atom is 0.338 e. The van der Waals surface area contributed by atoms with Crippen LogP contribution in [0.5, 0.6) is 0 Å². The van der Waals surface area contributed by atoms with Gasteiger partial charge in [0.15, 0.2) is 0 Å². The lowest BCUT2D eigenvalue weighted by atomic mass is 9.78. The summed E-state index contributed by atoms with van der Waals surface area (Å²) in [5.74, 6) is -0.270. The summed E-state index contributed by atoms with van der Waals surface area (Å²) in [6.07, 6.45) is 0. The third-order valence-corrected chi connectivity index (χ3v) is 4.40. The second kappa shape index (κ2) is 9.36. The van der Waals surface area contributed by atoms with Crippen molar-refractivity contribution in [2.45, 2.75) is 45.6 Å². The monoisotopic (exact) mass is 374 g/mol. The molecule has 0 aliphatic heterocycles. The van der Waals surface area contributed by atoms with Crippen LogP contribution in [0.4, 0.5) is 0 Å². The molecular formula is C26H30O2. The molecule has 0 atom stereocenters. The molecule has 0 radical (unpaired) electrons. The van der Waals surface area contributed by atoms with Gasteiger partial charge in [-0.05, 0) is 44.0 Å². The highest BCUT2D eigenvalue weighted by Gasteiger charge is 2.21. The predicted molar refractivity (Wildman–Crippen MR) is 117 cm³/mol. The zero-order valence-electron chi connectivity index (χ0n) is 17.5. The van der Waals surface area contributed by atoms with Gasteiger partial charge in [-0.15, -0.1) is 0 Å². The molecule has 0 N–H and O–H groups in total. The van der Waals surface area contributed by atoms with Gasteiger partial charge < -0.3 is 4.74 Å². The van der Waals surface area contributed by atoms with Gasteiger partial charge in [-0.25, -0.2) is 4.79 Å². The van der Waals surface area contributed by atoms with Gasteiger partial charge >= 0.3 is 5.97 Å². The molecule has 2 heteroatoms. The van der Waals surface area contributed by atoms with Gasteiger partial charge in [0.05, 0.1) is 5.56 Å². The Morgan fingerprint density at radius 2 is 0.964 bits per heavy atom. The summed E-state index contributed by atoms with van der Waals surface area (Å²) in [6.45, 7) is 10.1. The Balaban J connectivity index is 0.000000203. The fraction of sp³-hybridized carbons (Fsp3) is 0.269. The molecule has 0 amide bonds. The van der Waals surface area contributed by atoms with Crippen LogP contribution >= 0.6 is 0 Å². The first kappa shape index (κ1) is 21.4. The Kier molecular flexibility index (Phi) is 7.17. The molecule has 28 heavy (non-hydrogen) atoms. The Hall–Kier alpha value is -2.87. The Labute approximate surface area is 169 Å². The standard InChI is InChI=1S/C15H16.C11H14O2/c1-15(2,13-9-5-3-6-10-13)14-11-7-4-8-12-14;1-11(2,3)13-10(12)9-7-5-4-6-8-9/h3-12H,1-2H3;4-8H,1-3H3. The molecule has 3 aromatic rings. The van der Waals surface area contributed by atoms with Crippen molar-refractivity contribution in [3.63, 3.8) is 0 Å². The molecule has 0 unspecified atom stereocenters. The van der Waals surface area contributed by atoms with Crippen molar-refractivity contribution in [1.29, 1.82) is 0 Å². The van der Waals surface area contributed by atoms with Crippen LogP contribution in [0.25, 0.3) is 0 Å². The highest BCUT2D eigenvalue weighted by atomic mass is 16.6. The summed E-state index contributed by atoms with van der Waals surface area (Å²) in [6, 6.07) is 30.3. The minimum absolute atomic E-state index is 0.0858. The van der Waals surface area contributed by atoms with Crippen LogP contribution in [-0.4, -0.2) is 11.6 Å². The van der Waals surface area contributed by atoms with Crippen molar-refractivity contribution in [3.8, 4) is 0 Å². The number of rotatable bonds is 3. The fourth-order valence-corrected chi connectivity index (χ4v) is 2.79. The number of carbonyl (C=O) groups excluding carboxylic acids is 1. The van der Waals surface area contributed by atoms with E-state index in [1.54, 1.807) is 12.1 Å². The molecule has 0 heterocycles. The zero-order valence-corrected chi connectivity index (χ0v) is 17.5. The topological polar surface area (TPSA) is 26.3 Å². The summed E-state index contributed by atoms with van der Waals surface area (Å²) in [7, 11) is 0. The lowest BCUT2D eigenvalue weighted by Gasteiger charge is -2.25. The number of hydrogen-bond donors (Lipinski definition) is 0. The smallest absolute Gasteiger partial charge is 0.338 e. The molecule has 146 valence electrons. The molecule has 3 rings (SSSR count). The Morgan fingerprint density at radius 3 is 1.32 bits per heavy atom. The fourth-order valence-electron chi connectivity index (χ4n) is 2.79. The molecule has 0 bridgehead atoms. The molecule has 0 saturated heterocycles. The largest absolute Gasteiger partial charge is 0.456 e. The van der Waals surface area contributed by atoms with Crippen molar-refractivity contribution in [2.24, 2.45) is 0 Å². The first-order valence-corrected chi connectivity index (χ1v) is 9.59. The Morgan fingerprint density at radius 1 is 0.607 bits per heavy atom. The number of ether oxygens (including phenoxy) is 1. The second-order valence-corrected chi connectivity index (χ2v) is 8.22. The summed E-state index contributed by atoms with van der Waals surface area (Å²) >= 11 is 0. The highest BCUT2D eigenvalue weighted by molar-refractivity contribution is 5.89. The molecule has 2 nitrogen and oxygen atoms in total. The molecule has 0 aromatic heterocycles. The minimum Gasteiger partial charge on any atom is -0.456 e. The van der Waals surface area contributed by atoms with Gasteiger partial charge in [0.25, 0.3) is 0 Å². The summed E-state index contributed by atoms with van der Waals surface area (Å²) in [5.41, 5.74) is 2.97. The molecule has 0 saturated carbocycles. The van der Waals surface area contributed by atoms with E-state index in [9.17, 15) is 4.79 Å². The molecule has 0 aliphatic carbocycles. The minimum atomic E-state index is -0.424. The van der Waals surface area contributed by atoms with Gasteiger partial charge in [0.2, 0.25) is 0 Å². The van der Waals surface area contributed by atoms with E-state index in [0.29, 0.717) is 5.56 Å². The summed E-state index contributed by atoms with van der Waals surface area (Å²) < 4.78 is 5.18. The van der Waals surface area contributed by atoms with Gasteiger partial charge in [-0.3, -0.25) is 0 Å². The van der Waals surface area contributed by atoms with Crippen molar-refractivity contribution in [1.82, 2.24) is 0 Å². The van der Waals surface area contributed by atoms with Crippen LogP contribution in [0.15, 0.2) is 91.0 Å². The summed E-state index contributed by atoms with van der Waals surface area (Å²) in [4.78, 5) is 11.4.